The van der Waals surface area contributed by atoms with Crippen molar-refractivity contribution in [3.63, 3.8) is 0 Å². The molecule has 1 aromatic rings. The van der Waals surface area contributed by atoms with Crippen LogP contribution in [0.1, 0.15) is 38.7 Å². The average Bonchev–Trinajstić information content (AvgIpc) is 2.52. The van der Waals surface area contributed by atoms with Crippen LogP contribution in [-0.2, 0) is 6.54 Å². The molecule has 1 aromatic heterocycles. The molecule has 0 aromatic carbocycles. The summed E-state index contributed by atoms with van der Waals surface area (Å²) in [4.78, 5) is 6.72. The van der Waals surface area contributed by atoms with Gasteiger partial charge in [0.1, 0.15) is 5.82 Å². The van der Waals surface area contributed by atoms with Crippen LogP contribution in [0.2, 0.25) is 0 Å². The minimum atomic E-state index is -0.484. The highest BCUT2D eigenvalue weighted by Gasteiger charge is 2.24. The maximum atomic E-state index is 10.1. The van der Waals surface area contributed by atoms with E-state index in [-0.39, 0.29) is 0 Å². The van der Waals surface area contributed by atoms with Crippen molar-refractivity contribution in [1.29, 1.82) is 0 Å². The van der Waals surface area contributed by atoms with E-state index in [9.17, 15) is 5.11 Å². The molecular weight excluding hydrogens is 238 g/mol. The average molecular weight is 263 g/mol. The Hall–Kier alpha value is -1.13. The normalized spacial score (nSPS) is 25.0. The van der Waals surface area contributed by atoms with Crippen LogP contribution < -0.4 is 5.32 Å². The van der Waals surface area contributed by atoms with Crippen LogP contribution in [0, 0.1) is 0 Å². The molecular formula is C15H25N3O. The van der Waals surface area contributed by atoms with Crippen molar-refractivity contribution >= 4 is 5.82 Å². The van der Waals surface area contributed by atoms with Crippen LogP contribution in [-0.4, -0.2) is 40.2 Å². The highest BCUT2D eigenvalue weighted by atomic mass is 16.3. The van der Waals surface area contributed by atoms with Gasteiger partial charge in [0.15, 0.2) is 0 Å². The summed E-state index contributed by atoms with van der Waals surface area (Å²) in [5.74, 6) is 0.946. The number of nitrogens with zero attached hydrogens (tertiary/aromatic N) is 2. The van der Waals surface area contributed by atoms with Crippen molar-refractivity contribution in [3.05, 3.63) is 23.9 Å². The molecule has 4 nitrogen and oxygen atoms in total. The van der Waals surface area contributed by atoms with Gasteiger partial charge in [0.2, 0.25) is 0 Å². The second kappa shape index (κ2) is 6.35. The number of hydrogen-bond acceptors (Lipinski definition) is 4. The van der Waals surface area contributed by atoms with E-state index in [4.69, 9.17) is 0 Å². The molecule has 4 heteroatoms. The monoisotopic (exact) mass is 263 g/mol. The molecule has 1 aliphatic heterocycles. The highest BCUT2D eigenvalue weighted by Crippen LogP contribution is 2.22. The predicted octanol–water partition coefficient (Wildman–Crippen LogP) is 2.25. The number of aromatic nitrogens is 1. The molecule has 1 atom stereocenters. The van der Waals surface area contributed by atoms with E-state index in [1.165, 1.54) is 5.56 Å². The zero-order valence-corrected chi connectivity index (χ0v) is 12.0. The Morgan fingerprint density at radius 2 is 2.26 bits per heavy atom. The minimum Gasteiger partial charge on any atom is -0.390 e. The van der Waals surface area contributed by atoms with E-state index in [1.54, 1.807) is 0 Å². The fraction of sp³-hybridized carbons (Fsp3) is 0.667. The molecule has 2 N–H and O–H groups in total. The third kappa shape index (κ3) is 4.48. The topological polar surface area (TPSA) is 48.4 Å². The van der Waals surface area contributed by atoms with Gasteiger partial charge in [-0.1, -0.05) is 0 Å². The molecule has 1 saturated heterocycles. The van der Waals surface area contributed by atoms with Gasteiger partial charge in [-0.2, -0.15) is 0 Å². The summed E-state index contributed by atoms with van der Waals surface area (Å²) in [6.45, 7) is 7.89. The quantitative estimate of drug-likeness (QED) is 0.875. The molecule has 19 heavy (non-hydrogen) atoms. The fourth-order valence-corrected chi connectivity index (χ4v) is 2.59. The minimum absolute atomic E-state index is 0.484. The van der Waals surface area contributed by atoms with E-state index >= 15 is 0 Å². The Morgan fingerprint density at radius 3 is 3.05 bits per heavy atom. The number of hydrogen-bond donors (Lipinski definition) is 2. The van der Waals surface area contributed by atoms with Gasteiger partial charge in [-0.25, -0.2) is 4.98 Å². The van der Waals surface area contributed by atoms with Gasteiger partial charge in [0, 0.05) is 25.8 Å². The van der Waals surface area contributed by atoms with Gasteiger partial charge >= 0.3 is 0 Å². The van der Waals surface area contributed by atoms with Gasteiger partial charge < -0.3 is 10.4 Å². The van der Waals surface area contributed by atoms with E-state index in [0.717, 1.165) is 51.3 Å². The van der Waals surface area contributed by atoms with Crippen molar-refractivity contribution in [1.82, 2.24) is 9.88 Å². The van der Waals surface area contributed by atoms with Crippen LogP contribution in [0.5, 0.6) is 0 Å². The number of anilines is 1. The second-order valence-corrected chi connectivity index (χ2v) is 5.71. The molecule has 1 fully saturated rings. The second-order valence-electron chi connectivity index (χ2n) is 5.71. The van der Waals surface area contributed by atoms with Crippen LogP contribution in [0.25, 0.3) is 0 Å². The van der Waals surface area contributed by atoms with Crippen LogP contribution >= 0.6 is 0 Å². The lowest BCUT2D eigenvalue weighted by Gasteiger charge is -2.22. The molecule has 2 rings (SSSR count). The fourth-order valence-electron chi connectivity index (χ4n) is 2.59. The number of aliphatic hydroxyl groups is 1. The number of likely N-dealkylation sites (tertiary alicyclic amines) is 1. The summed E-state index contributed by atoms with van der Waals surface area (Å²) < 4.78 is 0. The van der Waals surface area contributed by atoms with Crippen molar-refractivity contribution in [2.75, 3.05) is 25.0 Å². The number of pyridine rings is 1. The lowest BCUT2D eigenvalue weighted by Crippen LogP contribution is -2.28. The van der Waals surface area contributed by atoms with Crippen LogP contribution in [0.3, 0.4) is 0 Å². The molecule has 0 bridgehead atoms. The number of rotatable bonds is 4. The summed E-state index contributed by atoms with van der Waals surface area (Å²) >= 11 is 0. The summed E-state index contributed by atoms with van der Waals surface area (Å²) in [6.07, 6.45) is 4.69. The van der Waals surface area contributed by atoms with Gasteiger partial charge in [0.05, 0.1) is 5.60 Å². The molecule has 2 heterocycles. The first-order valence-electron chi connectivity index (χ1n) is 7.22. The van der Waals surface area contributed by atoms with Crippen LogP contribution in [0.15, 0.2) is 18.3 Å². The summed E-state index contributed by atoms with van der Waals surface area (Å²) in [5.41, 5.74) is 0.801. The SMILES string of the molecule is CCNc1cc(CN2CCCC(C)(O)CC2)ccn1. The molecule has 0 amide bonds. The van der Waals surface area contributed by atoms with Gasteiger partial charge in [-0.05, 0) is 57.4 Å². The molecule has 0 radical (unpaired) electrons. The Balaban J connectivity index is 1.95. The predicted molar refractivity (Wildman–Crippen MR) is 78.2 cm³/mol. The Kier molecular flexibility index (Phi) is 4.77. The standard InChI is InChI=1S/C15H25N3O/c1-3-16-14-11-13(5-8-17-14)12-18-9-4-6-15(2,19)7-10-18/h5,8,11,19H,3-4,6-7,9-10,12H2,1-2H3,(H,16,17). The molecule has 0 saturated carbocycles. The summed E-state index contributed by atoms with van der Waals surface area (Å²) in [6, 6.07) is 4.19. The Labute approximate surface area is 115 Å². The first-order chi connectivity index (χ1) is 9.09. The smallest absolute Gasteiger partial charge is 0.126 e. The van der Waals surface area contributed by atoms with Crippen LogP contribution in [0.4, 0.5) is 5.82 Å². The van der Waals surface area contributed by atoms with E-state index in [0.29, 0.717) is 0 Å². The highest BCUT2D eigenvalue weighted by molar-refractivity contribution is 5.37. The number of nitrogens with one attached hydrogen (secondary N) is 1. The molecule has 1 aliphatic rings. The molecule has 0 aliphatic carbocycles. The maximum absolute atomic E-state index is 10.1. The van der Waals surface area contributed by atoms with E-state index in [2.05, 4.69) is 34.3 Å². The lowest BCUT2D eigenvalue weighted by molar-refractivity contribution is 0.0444. The van der Waals surface area contributed by atoms with Gasteiger partial charge in [-0.3, -0.25) is 4.90 Å². The van der Waals surface area contributed by atoms with Crippen molar-refractivity contribution in [3.8, 4) is 0 Å². The zero-order chi connectivity index (χ0) is 13.7. The van der Waals surface area contributed by atoms with Crippen molar-refractivity contribution in [2.45, 2.75) is 45.3 Å². The van der Waals surface area contributed by atoms with Crippen molar-refractivity contribution < 1.29 is 5.11 Å². The van der Waals surface area contributed by atoms with Crippen molar-refractivity contribution in [2.24, 2.45) is 0 Å². The largest absolute Gasteiger partial charge is 0.390 e. The third-order valence-electron chi connectivity index (χ3n) is 3.74. The maximum Gasteiger partial charge on any atom is 0.126 e. The molecule has 1 unspecified atom stereocenters. The zero-order valence-electron chi connectivity index (χ0n) is 12.0. The molecule has 0 spiro atoms. The first kappa shape index (κ1) is 14.3. The molecule has 106 valence electrons. The summed E-state index contributed by atoms with van der Waals surface area (Å²) in [5, 5.41) is 13.3. The van der Waals surface area contributed by atoms with Gasteiger partial charge in [-0.15, -0.1) is 0 Å². The Bertz CT molecular complexity index is 406. The van der Waals surface area contributed by atoms with E-state index in [1.807, 2.05) is 13.1 Å². The first-order valence-corrected chi connectivity index (χ1v) is 7.22. The lowest BCUT2D eigenvalue weighted by atomic mass is 9.98. The van der Waals surface area contributed by atoms with E-state index < -0.39 is 5.60 Å². The third-order valence-corrected chi connectivity index (χ3v) is 3.74. The summed E-state index contributed by atoms with van der Waals surface area (Å²) in [7, 11) is 0. The Morgan fingerprint density at radius 1 is 1.42 bits per heavy atom. The van der Waals surface area contributed by atoms with Gasteiger partial charge in [0.25, 0.3) is 0 Å².